The molecular formula is C19H14F3NO3. The fraction of sp³-hybridized carbons (Fsp3) is 0.158. The summed E-state index contributed by atoms with van der Waals surface area (Å²) in [4.78, 5) is 12.4. The number of hydrogen-bond donors (Lipinski definition) is 0. The average Bonchev–Trinajstić information content (AvgIpc) is 2.62. The summed E-state index contributed by atoms with van der Waals surface area (Å²) in [5.41, 5.74) is -0.135. The number of ether oxygens (including phenoxy) is 2. The normalized spacial score (nSPS) is 11.2. The standard InChI is InChI=1S/C19H14F3NO3/c1-2-25-16-5-3-4-13(18(16)26-19(21)22)10-14(11-23)17(24)12-6-8-15(20)9-7-12/h3-10,19H,2H2,1H3/b14-10+. The third kappa shape index (κ3) is 4.63. The third-order valence-electron chi connectivity index (χ3n) is 3.29. The lowest BCUT2D eigenvalue weighted by Gasteiger charge is -2.13. The first-order valence-corrected chi connectivity index (χ1v) is 7.59. The van der Waals surface area contributed by atoms with E-state index in [4.69, 9.17) is 4.74 Å². The summed E-state index contributed by atoms with van der Waals surface area (Å²) in [5, 5.41) is 9.29. The topological polar surface area (TPSA) is 59.3 Å². The Balaban J connectivity index is 2.47. The Morgan fingerprint density at radius 1 is 1.23 bits per heavy atom. The van der Waals surface area contributed by atoms with Gasteiger partial charge in [0.25, 0.3) is 0 Å². The zero-order valence-electron chi connectivity index (χ0n) is 13.7. The van der Waals surface area contributed by atoms with Crippen LogP contribution < -0.4 is 9.47 Å². The number of nitrogens with zero attached hydrogens (tertiary/aromatic N) is 1. The fourth-order valence-corrected chi connectivity index (χ4v) is 2.19. The number of Topliss-reactive ketones (excluding diaryl/α,β-unsaturated/α-hetero) is 1. The van der Waals surface area contributed by atoms with E-state index in [1.54, 1.807) is 13.0 Å². The predicted octanol–water partition coefficient (Wildman–Crippen LogP) is 4.62. The van der Waals surface area contributed by atoms with Crippen LogP contribution in [0.5, 0.6) is 11.5 Å². The van der Waals surface area contributed by atoms with Crippen LogP contribution in [0, 0.1) is 17.1 Å². The van der Waals surface area contributed by atoms with E-state index >= 15 is 0 Å². The molecule has 0 spiro atoms. The van der Waals surface area contributed by atoms with Crippen molar-refractivity contribution in [3.05, 3.63) is 65.0 Å². The molecule has 0 unspecified atom stereocenters. The van der Waals surface area contributed by atoms with E-state index in [0.29, 0.717) is 0 Å². The van der Waals surface area contributed by atoms with Gasteiger partial charge >= 0.3 is 6.61 Å². The highest BCUT2D eigenvalue weighted by atomic mass is 19.3. The molecule has 0 N–H and O–H groups in total. The van der Waals surface area contributed by atoms with Crippen molar-refractivity contribution < 1.29 is 27.4 Å². The van der Waals surface area contributed by atoms with Crippen LogP contribution in [0.2, 0.25) is 0 Å². The summed E-state index contributed by atoms with van der Waals surface area (Å²) < 4.78 is 48.2. The van der Waals surface area contributed by atoms with Gasteiger partial charge in [0.15, 0.2) is 11.5 Å². The quantitative estimate of drug-likeness (QED) is 0.410. The van der Waals surface area contributed by atoms with Crippen molar-refractivity contribution in [1.82, 2.24) is 0 Å². The number of rotatable bonds is 7. The molecule has 0 heterocycles. The molecule has 0 fully saturated rings. The number of allylic oxidation sites excluding steroid dienone is 1. The molecule has 0 aliphatic carbocycles. The maximum atomic E-state index is 13.0. The van der Waals surface area contributed by atoms with Crippen molar-refractivity contribution in [2.24, 2.45) is 0 Å². The molecule has 0 radical (unpaired) electrons. The van der Waals surface area contributed by atoms with Gasteiger partial charge in [-0.25, -0.2) is 4.39 Å². The first-order valence-electron chi connectivity index (χ1n) is 7.59. The number of hydrogen-bond acceptors (Lipinski definition) is 4. The van der Waals surface area contributed by atoms with Crippen molar-refractivity contribution >= 4 is 11.9 Å². The highest BCUT2D eigenvalue weighted by Crippen LogP contribution is 2.34. The maximum Gasteiger partial charge on any atom is 0.387 e. The first kappa shape index (κ1) is 19.1. The monoisotopic (exact) mass is 361 g/mol. The molecular weight excluding hydrogens is 347 g/mol. The largest absolute Gasteiger partial charge is 0.490 e. The highest BCUT2D eigenvalue weighted by molar-refractivity contribution is 6.14. The number of ketones is 1. The highest BCUT2D eigenvalue weighted by Gasteiger charge is 2.18. The minimum absolute atomic E-state index is 0.0630. The summed E-state index contributed by atoms with van der Waals surface area (Å²) >= 11 is 0. The smallest absolute Gasteiger partial charge is 0.387 e. The van der Waals surface area contributed by atoms with E-state index in [1.165, 1.54) is 30.3 Å². The number of carbonyl (C=O) groups is 1. The summed E-state index contributed by atoms with van der Waals surface area (Å²) in [5.74, 6) is -1.41. The molecule has 0 aliphatic heterocycles. The number of para-hydroxylation sites is 1. The van der Waals surface area contributed by atoms with Crippen molar-refractivity contribution in [3.63, 3.8) is 0 Å². The third-order valence-corrected chi connectivity index (χ3v) is 3.29. The molecule has 0 saturated carbocycles. The lowest BCUT2D eigenvalue weighted by Crippen LogP contribution is -2.07. The Labute approximate surface area is 148 Å². The van der Waals surface area contributed by atoms with E-state index in [1.807, 2.05) is 0 Å². The van der Waals surface area contributed by atoms with Gasteiger partial charge in [-0.3, -0.25) is 4.79 Å². The van der Waals surface area contributed by atoms with Gasteiger partial charge < -0.3 is 9.47 Å². The van der Waals surface area contributed by atoms with E-state index < -0.39 is 18.2 Å². The molecule has 0 saturated heterocycles. The van der Waals surface area contributed by atoms with Crippen LogP contribution in [0.4, 0.5) is 13.2 Å². The second-order valence-electron chi connectivity index (χ2n) is 4.99. The Kier molecular flexibility index (Phi) is 6.39. The van der Waals surface area contributed by atoms with Crippen LogP contribution in [-0.4, -0.2) is 19.0 Å². The summed E-state index contributed by atoms with van der Waals surface area (Å²) in [7, 11) is 0. The number of benzene rings is 2. The molecule has 0 aromatic heterocycles. The van der Waals surface area contributed by atoms with Crippen molar-refractivity contribution in [2.75, 3.05) is 6.61 Å². The van der Waals surface area contributed by atoms with E-state index in [2.05, 4.69) is 4.74 Å². The van der Waals surface area contributed by atoms with Crippen LogP contribution in [0.15, 0.2) is 48.0 Å². The van der Waals surface area contributed by atoms with Crippen molar-refractivity contribution in [2.45, 2.75) is 13.5 Å². The maximum absolute atomic E-state index is 13.0. The number of nitriles is 1. The molecule has 2 aromatic rings. The van der Waals surface area contributed by atoms with Gasteiger partial charge in [0, 0.05) is 11.1 Å². The molecule has 26 heavy (non-hydrogen) atoms. The van der Waals surface area contributed by atoms with Crippen LogP contribution in [0.3, 0.4) is 0 Å². The predicted molar refractivity (Wildman–Crippen MR) is 88.6 cm³/mol. The zero-order valence-corrected chi connectivity index (χ0v) is 13.7. The minimum atomic E-state index is -3.11. The lowest BCUT2D eigenvalue weighted by atomic mass is 10.0. The van der Waals surface area contributed by atoms with Gasteiger partial charge in [-0.05, 0) is 43.3 Å². The number of halogens is 3. The second kappa shape index (κ2) is 8.72. The first-order chi connectivity index (χ1) is 12.5. The van der Waals surface area contributed by atoms with E-state index in [9.17, 15) is 23.2 Å². The van der Waals surface area contributed by atoms with Crippen LogP contribution in [-0.2, 0) is 0 Å². The van der Waals surface area contributed by atoms with Crippen LogP contribution in [0.25, 0.3) is 6.08 Å². The van der Waals surface area contributed by atoms with Gasteiger partial charge in [0.2, 0.25) is 5.78 Å². The van der Waals surface area contributed by atoms with E-state index in [0.717, 1.165) is 18.2 Å². The van der Waals surface area contributed by atoms with Crippen molar-refractivity contribution in [1.29, 1.82) is 5.26 Å². The molecule has 7 heteroatoms. The van der Waals surface area contributed by atoms with Crippen molar-refractivity contribution in [3.8, 4) is 17.6 Å². The summed E-state index contributed by atoms with van der Waals surface area (Å²) in [6.45, 7) is -1.22. The molecule has 2 aromatic carbocycles. The molecule has 0 bridgehead atoms. The van der Waals surface area contributed by atoms with Gasteiger partial charge in [-0.2, -0.15) is 14.0 Å². The van der Waals surface area contributed by atoms with Gasteiger partial charge in [-0.1, -0.05) is 12.1 Å². The Bertz CT molecular complexity index is 855. The second-order valence-corrected chi connectivity index (χ2v) is 4.99. The fourth-order valence-electron chi connectivity index (χ4n) is 2.19. The van der Waals surface area contributed by atoms with Crippen LogP contribution in [0.1, 0.15) is 22.8 Å². The molecule has 0 atom stereocenters. The molecule has 4 nitrogen and oxygen atoms in total. The van der Waals surface area contributed by atoms with Gasteiger partial charge in [0.05, 0.1) is 6.61 Å². The summed E-state index contributed by atoms with van der Waals surface area (Å²) in [6.07, 6.45) is 1.13. The summed E-state index contributed by atoms with van der Waals surface area (Å²) in [6, 6.07) is 10.7. The Hall–Kier alpha value is -3.27. The van der Waals surface area contributed by atoms with E-state index in [-0.39, 0.29) is 34.8 Å². The molecule has 0 amide bonds. The van der Waals surface area contributed by atoms with Gasteiger partial charge in [0.1, 0.15) is 17.5 Å². The molecule has 2 rings (SSSR count). The SMILES string of the molecule is CCOc1cccc(/C=C(\C#N)C(=O)c2ccc(F)cc2)c1OC(F)F. The van der Waals surface area contributed by atoms with Gasteiger partial charge in [-0.15, -0.1) is 0 Å². The molecule has 0 aliphatic rings. The average molecular weight is 361 g/mol. The lowest BCUT2D eigenvalue weighted by molar-refractivity contribution is -0.0515. The Morgan fingerprint density at radius 2 is 1.92 bits per heavy atom. The zero-order chi connectivity index (χ0) is 19.1. The minimum Gasteiger partial charge on any atom is -0.490 e. The number of carbonyl (C=O) groups excluding carboxylic acids is 1. The number of alkyl halides is 2. The molecule has 134 valence electrons. The Morgan fingerprint density at radius 3 is 2.50 bits per heavy atom. The van der Waals surface area contributed by atoms with Crippen LogP contribution >= 0.6 is 0 Å².